The molecule has 30 heavy (non-hydrogen) atoms. The number of benzene rings is 2. The Morgan fingerprint density at radius 3 is 2.20 bits per heavy atom. The fraction of sp³-hybridized carbons (Fsp3) is 0.280. The van der Waals surface area contributed by atoms with E-state index in [1.54, 1.807) is 6.08 Å². The van der Waals surface area contributed by atoms with Crippen LogP contribution in [-0.2, 0) is 11.3 Å². The van der Waals surface area contributed by atoms with E-state index in [9.17, 15) is 9.59 Å². The van der Waals surface area contributed by atoms with E-state index in [1.165, 1.54) is 5.56 Å². The topological polar surface area (TPSA) is 45.6 Å². The normalized spacial score (nSPS) is 14.1. The van der Waals surface area contributed by atoms with Crippen molar-refractivity contribution >= 4 is 22.7 Å². The van der Waals surface area contributed by atoms with Crippen molar-refractivity contribution in [2.45, 2.75) is 20.4 Å². The largest absolute Gasteiger partial charge is 0.342 e. The average molecular weight is 402 g/mol. The molecule has 5 heteroatoms. The molecule has 4 rings (SSSR count). The molecule has 5 nitrogen and oxygen atoms in total. The van der Waals surface area contributed by atoms with Gasteiger partial charge in [-0.05, 0) is 25.5 Å². The first-order chi connectivity index (χ1) is 14.5. The van der Waals surface area contributed by atoms with E-state index < -0.39 is 0 Å². The number of para-hydroxylation sites is 1. The van der Waals surface area contributed by atoms with Crippen LogP contribution < -0.4 is 0 Å². The molecule has 2 aromatic carbocycles. The van der Waals surface area contributed by atoms with E-state index in [4.69, 9.17) is 0 Å². The van der Waals surface area contributed by atoms with Crippen LogP contribution in [0.25, 0.3) is 10.9 Å². The van der Waals surface area contributed by atoms with Gasteiger partial charge in [-0.2, -0.15) is 0 Å². The molecule has 3 aromatic rings. The van der Waals surface area contributed by atoms with Gasteiger partial charge in [-0.15, -0.1) is 0 Å². The molecular formula is C25H27N3O2. The van der Waals surface area contributed by atoms with Crippen molar-refractivity contribution in [2.75, 3.05) is 26.2 Å². The number of hydrogen-bond donors (Lipinski definition) is 0. The van der Waals surface area contributed by atoms with Crippen molar-refractivity contribution in [1.82, 2.24) is 14.4 Å². The van der Waals surface area contributed by atoms with Crippen molar-refractivity contribution in [3.63, 3.8) is 0 Å². The number of carbonyl (C=O) groups is 2. The smallest absolute Gasteiger partial charge is 0.256 e. The summed E-state index contributed by atoms with van der Waals surface area (Å²) in [6.45, 7) is 6.80. The molecule has 0 N–H and O–H groups in total. The van der Waals surface area contributed by atoms with Crippen molar-refractivity contribution in [1.29, 1.82) is 0 Å². The Kier molecular flexibility index (Phi) is 5.70. The van der Waals surface area contributed by atoms with Crippen molar-refractivity contribution < 1.29 is 9.59 Å². The highest BCUT2D eigenvalue weighted by Crippen LogP contribution is 2.24. The second-order valence-electron chi connectivity index (χ2n) is 8.01. The Hall–Kier alpha value is -3.34. The second kappa shape index (κ2) is 8.57. The van der Waals surface area contributed by atoms with Crippen LogP contribution in [0.4, 0.5) is 0 Å². The number of nitrogens with zero attached hydrogens (tertiary/aromatic N) is 3. The van der Waals surface area contributed by atoms with Crippen LogP contribution >= 0.6 is 0 Å². The van der Waals surface area contributed by atoms with Gasteiger partial charge in [-0.25, -0.2) is 0 Å². The maximum Gasteiger partial charge on any atom is 0.256 e. The Labute approximate surface area is 177 Å². The number of fused-ring (bicyclic) bond motifs is 1. The average Bonchev–Trinajstić information content (AvgIpc) is 3.12. The summed E-state index contributed by atoms with van der Waals surface area (Å²) in [5.74, 6) is 0.0638. The lowest BCUT2D eigenvalue weighted by Gasteiger charge is -2.34. The fourth-order valence-corrected chi connectivity index (χ4v) is 3.97. The first kappa shape index (κ1) is 20.0. The van der Waals surface area contributed by atoms with Gasteiger partial charge in [-0.3, -0.25) is 9.59 Å². The van der Waals surface area contributed by atoms with Gasteiger partial charge in [0, 0.05) is 55.9 Å². The summed E-state index contributed by atoms with van der Waals surface area (Å²) in [5, 5.41) is 0.974. The lowest BCUT2D eigenvalue weighted by Crippen LogP contribution is -2.50. The zero-order valence-corrected chi connectivity index (χ0v) is 17.5. The molecule has 0 aliphatic carbocycles. The van der Waals surface area contributed by atoms with Crippen LogP contribution in [0.3, 0.4) is 0 Å². The summed E-state index contributed by atoms with van der Waals surface area (Å²) >= 11 is 0. The molecule has 0 saturated carbocycles. The number of aromatic nitrogens is 1. The molecule has 2 amide bonds. The molecule has 1 aliphatic heterocycles. The van der Waals surface area contributed by atoms with Crippen LogP contribution in [0.5, 0.6) is 0 Å². The van der Waals surface area contributed by atoms with Gasteiger partial charge >= 0.3 is 0 Å². The van der Waals surface area contributed by atoms with Crippen molar-refractivity contribution in [2.24, 2.45) is 0 Å². The molecule has 0 spiro atoms. The zero-order valence-electron chi connectivity index (χ0n) is 17.5. The standard InChI is InChI=1S/C25H27N3O2/c1-19(2)16-24(29)26-12-14-27(15-13-26)25(30)22-18-28(17-20-8-4-3-5-9-20)23-11-7-6-10-21(22)23/h3-11,16,18H,12-15,17H2,1-2H3. The number of hydrogen-bond acceptors (Lipinski definition) is 2. The van der Waals surface area contributed by atoms with E-state index in [-0.39, 0.29) is 11.8 Å². The van der Waals surface area contributed by atoms with Gasteiger partial charge in [0.1, 0.15) is 0 Å². The predicted octanol–water partition coefficient (Wildman–Crippen LogP) is 3.94. The molecule has 154 valence electrons. The highest BCUT2D eigenvalue weighted by molar-refractivity contribution is 6.07. The third-order valence-electron chi connectivity index (χ3n) is 5.51. The lowest BCUT2D eigenvalue weighted by atomic mass is 10.1. The Morgan fingerprint density at radius 2 is 1.50 bits per heavy atom. The minimum absolute atomic E-state index is 0.0292. The maximum absolute atomic E-state index is 13.3. The number of allylic oxidation sites excluding steroid dienone is 1. The highest BCUT2D eigenvalue weighted by atomic mass is 16.2. The zero-order chi connectivity index (χ0) is 21.1. The molecule has 1 saturated heterocycles. The molecule has 1 fully saturated rings. The Morgan fingerprint density at radius 1 is 0.867 bits per heavy atom. The summed E-state index contributed by atoms with van der Waals surface area (Å²) in [6, 6.07) is 18.3. The van der Waals surface area contributed by atoms with Gasteiger partial charge < -0.3 is 14.4 Å². The number of piperazine rings is 1. The maximum atomic E-state index is 13.3. The van der Waals surface area contributed by atoms with Crippen molar-refractivity contribution in [3.8, 4) is 0 Å². The summed E-state index contributed by atoms with van der Waals surface area (Å²) in [4.78, 5) is 29.3. The van der Waals surface area contributed by atoms with Gasteiger partial charge in [0.25, 0.3) is 5.91 Å². The number of rotatable bonds is 4. The van der Waals surface area contributed by atoms with Crippen LogP contribution in [-0.4, -0.2) is 52.4 Å². The lowest BCUT2D eigenvalue weighted by molar-refractivity contribution is -0.127. The van der Waals surface area contributed by atoms with Gasteiger partial charge in [0.15, 0.2) is 0 Å². The van der Waals surface area contributed by atoms with Crippen molar-refractivity contribution in [3.05, 3.63) is 83.6 Å². The predicted molar refractivity (Wildman–Crippen MR) is 119 cm³/mol. The quantitative estimate of drug-likeness (QED) is 0.622. The van der Waals surface area contributed by atoms with E-state index in [2.05, 4.69) is 22.8 Å². The SMILES string of the molecule is CC(C)=CC(=O)N1CCN(C(=O)c2cn(Cc3ccccc3)c3ccccc23)CC1. The highest BCUT2D eigenvalue weighted by Gasteiger charge is 2.26. The van der Waals surface area contributed by atoms with E-state index in [1.807, 2.05) is 66.2 Å². The molecule has 2 heterocycles. The van der Waals surface area contributed by atoms with Crippen LogP contribution in [0.1, 0.15) is 29.8 Å². The second-order valence-corrected chi connectivity index (χ2v) is 8.01. The number of amides is 2. The van der Waals surface area contributed by atoms with E-state index >= 15 is 0 Å². The van der Waals surface area contributed by atoms with Crippen LogP contribution in [0.15, 0.2) is 72.4 Å². The molecule has 0 bridgehead atoms. The minimum Gasteiger partial charge on any atom is -0.342 e. The summed E-state index contributed by atoms with van der Waals surface area (Å²) in [7, 11) is 0. The Balaban J connectivity index is 1.54. The first-order valence-electron chi connectivity index (χ1n) is 10.4. The van der Waals surface area contributed by atoms with Gasteiger partial charge in [-0.1, -0.05) is 54.1 Å². The van der Waals surface area contributed by atoms with Crippen LogP contribution in [0, 0.1) is 0 Å². The monoisotopic (exact) mass is 401 g/mol. The Bertz CT molecular complexity index is 1090. The van der Waals surface area contributed by atoms with Gasteiger partial charge in [0.05, 0.1) is 5.56 Å². The molecule has 0 atom stereocenters. The third kappa shape index (κ3) is 4.15. The minimum atomic E-state index is 0.0292. The summed E-state index contributed by atoms with van der Waals surface area (Å²) < 4.78 is 2.15. The summed E-state index contributed by atoms with van der Waals surface area (Å²) in [5.41, 5.74) is 3.97. The van der Waals surface area contributed by atoms with Crippen LogP contribution in [0.2, 0.25) is 0 Å². The van der Waals surface area contributed by atoms with Gasteiger partial charge in [0.2, 0.25) is 5.91 Å². The molecule has 0 radical (unpaired) electrons. The fourth-order valence-electron chi connectivity index (χ4n) is 3.97. The molecule has 1 aromatic heterocycles. The van der Waals surface area contributed by atoms with E-state index in [0.717, 1.165) is 28.6 Å². The van der Waals surface area contributed by atoms with E-state index in [0.29, 0.717) is 26.2 Å². The first-order valence-corrected chi connectivity index (χ1v) is 10.4. The summed E-state index contributed by atoms with van der Waals surface area (Å²) in [6.07, 6.45) is 3.63. The molecule has 0 unspecified atom stereocenters. The third-order valence-corrected chi connectivity index (χ3v) is 5.51. The number of carbonyl (C=O) groups excluding carboxylic acids is 2. The molecule has 1 aliphatic rings. The molecular weight excluding hydrogens is 374 g/mol.